The van der Waals surface area contributed by atoms with Gasteiger partial charge in [0.25, 0.3) is 0 Å². The van der Waals surface area contributed by atoms with E-state index < -0.39 is 23.8 Å². The second-order valence-electron chi connectivity index (χ2n) is 7.44. The predicted molar refractivity (Wildman–Crippen MR) is 95.7 cm³/mol. The molecule has 0 spiro atoms. The third kappa shape index (κ3) is 5.56. The molecule has 0 amide bonds. The minimum Gasteiger partial charge on any atom is -0.367 e. The molecule has 0 aliphatic heterocycles. The maximum Gasteiger partial charge on any atom is 0.223 e. The zero-order chi connectivity index (χ0) is 16.3. The van der Waals surface area contributed by atoms with Crippen molar-refractivity contribution in [2.75, 3.05) is 6.16 Å². The first kappa shape index (κ1) is 18.4. The van der Waals surface area contributed by atoms with Crippen molar-refractivity contribution < 1.29 is 8.78 Å². The summed E-state index contributed by atoms with van der Waals surface area (Å²) >= 11 is 0. The Morgan fingerprint density at radius 3 is 2.05 bits per heavy atom. The molecule has 2 unspecified atom stereocenters. The highest BCUT2D eigenvalue weighted by molar-refractivity contribution is 7.68. The third-order valence-electron chi connectivity index (χ3n) is 3.20. The van der Waals surface area contributed by atoms with Gasteiger partial charge < -0.3 is 4.21 Å². The molecule has 1 rings (SSSR count). The van der Waals surface area contributed by atoms with Crippen LogP contribution >= 0.6 is 7.37 Å². The summed E-state index contributed by atoms with van der Waals surface area (Å²) in [6.45, 7) is 12.6. The Morgan fingerprint density at radius 2 is 1.67 bits per heavy atom. The summed E-state index contributed by atoms with van der Waals surface area (Å²) in [5.74, 6) is 0. The van der Waals surface area contributed by atoms with Gasteiger partial charge in [-0.3, -0.25) is 4.57 Å². The molecule has 2 atom stereocenters. The molecule has 0 bridgehead atoms. The van der Waals surface area contributed by atoms with Crippen LogP contribution in [0.1, 0.15) is 0 Å². The Balaban J connectivity index is 3.22. The highest BCUT2D eigenvalue weighted by atomic mass is 31.2. The second kappa shape index (κ2) is 6.62. The van der Waals surface area contributed by atoms with Crippen LogP contribution in [0.15, 0.2) is 30.3 Å². The van der Waals surface area contributed by atoms with Crippen molar-refractivity contribution >= 4 is 29.1 Å². The fraction of sp³-hybridized carbons (Fsp3) is 0.533. The highest BCUT2D eigenvalue weighted by Gasteiger charge is 2.39. The normalized spacial score (nSPS) is 16.8. The molecule has 0 N–H and O–H groups in total. The Hall–Kier alpha value is -0.666. The maximum absolute atomic E-state index is 13.5. The lowest BCUT2D eigenvalue weighted by Crippen LogP contribution is -2.34. The Bertz CT molecular complexity index is 556. The van der Waals surface area contributed by atoms with E-state index in [0.29, 0.717) is 6.16 Å². The Labute approximate surface area is 130 Å². The van der Waals surface area contributed by atoms with Gasteiger partial charge in [-0.05, 0) is 31.8 Å². The van der Waals surface area contributed by atoms with E-state index in [-0.39, 0.29) is 5.54 Å². The number of rotatable bonds is 6. The van der Waals surface area contributed by atoms with Gasteiger partial charge in [0.05, 0.1) is 14.1 Å². The molecule has 1 aromatic rings. The zero-order valence-electron chi connectivity index (χ0n) is 13.9. The summed E-state index contributed by atoms with van der Waals surface area (Å²) in [5.41, 5.74) is -0.167. The molecule has 21 heavy (non-hydrogen) atoms. The van der Waals surface area contributed by atoms with Crippen LogP contribution in [0.5, 0.6) is 0 Å². The van der Waals surface area contributed by atoms with Crippen molar-refractivity contribution in [3.8, 4) is 6.07 Å². The van der Waals surface area contributed by atoms with Crippen LogP contribution in [0.3, 0.4) is 0 Å². The molecule has 0 saturated carbocycles. The van der Waals surface area contributed by atoms with Crippen LogP contribution < -0.4 is 5.30 Å². The lowest BCUT2D eigenvalue weighted by Gasteiger charge is -2.31. The summed E-state index contributed by atoms with van der Waals surface area (Å²) < 4.78 is 19.6. The molecule has 0 heterocycles. The molecule has 0 aromatic heterocycles. The molecule has 0 aliphatic carbocycles. The molecule has 0 radical (unpaired) electrons. The molecule has 3 nitrogen and oxygen atoms in total. The quantitative estimate of drug-likeness (QED) is 0.559. The van der Waals surface area contributed by atoms with Crippen LogP contribution in [-0.2, 0) is 8.78 Å². The number of hydrogen-bond donors (Lipinski definition) is 0. The van der Waals surface area contributed by atoms with E-state index in [1.54, 1.807) is 0 Å². The van der Waals surface area contributed by atoms with Crippen LogP contribution in [0.4, 0.5) is 0 Å². The second-order valence-corrected chi connectivity index (χ2v) is 20.1. The van der Waals surface area contributed by atoms with E-state index in [0.717, 1.165) is 5.30 Å². The van der Waals surface area contributed by atoms with Crippen molar-refractivity contribution in [3.05, 3.63) is 30.3 Å². The molecule has 0 aliphatic rings. The van der Waals surface area contributed by atoms with Crippen LogP contribution in [0, 0.1) is 11.3 Å². The van der Waals surface area contributed by atoms with E-state index >= 15 is 0 Å². The fourth-order valence-corrected chi connectivity index (χ4v) is 11.0. The van der Waals surface area contributed by atoms with E-state index in [1.165, 1.54) is 0 Å². The van der Waals surface area contributed by atoms with E-state index in [4.69, 9.17) is 4.21 Å². The zero-order valence-corrected chi connectivity index (χ0v) is 16.8. The highest BCUT2D eigenvalue weighted by Crippen LogP contribution is 2.52. The van der Waals surface area contributed by atoms with Gasteiger partial charge in [0.1, 0.15) is 0 Å². The van der Waals surface area contributed by atoms with Crippen molar-refractivity contribution in [3.63, 3.8) is 0 Å². The van der Waals surface area contributed by atoms with Crippen LogP contribution in [0.2, 0.25) is 44.8 Å². The first-order chi connectivity index (χ1) is 9.48. The Morgan fingerprint density at radius 1 is 1.14 bits per heavy atom. The van der Waals surface area contributed by atoms with Gasteiger partial charge in [-0.25, -0.2) is 0 Å². The number of nitrogens with zero attached hydrogens (tertiary/aromatic N) is 1. The maximum atomic E-state index is 13.5. The first-order valence-corrected chi connectivity index (χ1v) is 16.0. The van der Waals surface area contributed by atoms with E-state index in [2.05, 4.69) is 25.7 Å². The number of nitriles is 1. The summed E-state index contributed by atoms with van der Waals surface area (Å²) in [6.07, 6.45) is 0.341. The van der Waals surface area contributed by atoms with Gasteiger partial charge in [0.15, 0.2) is 8.32 Å². The molecule has 6 heteroatoms. The number of hydrogen-bond acceptors (Lipinski definition) is 3. The van der Waals surface area contributed by atoms with Crippen LogP contribution in [-0.4, -0.2) is 22.6 Å². The van der Waals surface area contributed by atoms with Crippen molar-refractivity contribution in [2.24, 2.45) is 0 Å². The predicted octanol–water partition coefficient (Wildman–Crippen LogP) is 4.67. The lowest BCUT2D eigenvalue weighted by atomic mass is 10.4. The lowest BCUT2D eigenvalue weighted by molar-refractivity contribution is 0.491. The van der Waals surface area contributed by atoms with Crippen molar-refractivity contribution in [2.45, 2.75) is 44.8 Å². The van der Waals surface area contributed by atoms with Crippen molar-refractivity contribution in [1.82, 2.24) is 0 Å². The minimum absolute atomic E-state index is 0.167. The van der Waals surface area contributed by atoms with Gasteiger partial charge in [0, 0.05) is 17.0 Å². The van der Waals surface area contributed by atoms with Gasteiger partial charge >= 0.3 is 0 Å². The van der Waals surface area contributed by atoms with Gasteiger partial charge in [-0.15, -0.1) is 0 Å². The Kier molecular flexibility index (Phi) is 5.79. The molecular formula is C15H26NO2PSi2. The standard InChI is InChI=1S/C15H26NO2PSi2/c1-20(2,3)15(12-16)13-19(17,18-21(4,5)6)14-10-8-7-9-11-14/h7-11,15H,13H2,1-6H3. The van der Waals surface area contributed by atoms with Crippen LogP contribution in [0.25, 0.3) is 0 Å². The SMILES string of the molecule is C[Si](C)(C)OP(=O)(CC(C#N)[Si](C)(C)C)c1ccccc1. The average molecular weight is 340 g/mol. The average Bonchev–Trinajstić information content (AvgIpc) is 2.33. The largest absolute Gasteiger partial charge is 0.367 e. The van der Waals surface area contributed by atoms with Gasteiger partial charge in [-0.2, -0.15) is 5.26 Å². The molecule has 1 aromatic carbocycles. The fourth-order valence-electron chi connectivity index (χ4n) is 2.04. The number of benzene rings is 1. The minimum atomic E-state index is -2.99. The molecular weight excluding hydrogens is 313 g/mol. The molecule has 116 valence electrons. The monoisotopic (exact) mass is 339 g/mol. The third-order valence-corrected chi connectivity index (χ3v) is 11.3. The molecule has 0 fully saturated rings. The summed E-state index contributed by atoms with van der Waals surface area (Å²) in [6, 6.07) is 11.8. The van der Waals surface area contributed by atoms with Crippen molar-refractivity contribution in [1.29, 1.82) is 5.26 Å². The summed E-state index contributed by atoms with van der Waals surface area (Å²) in [4.78, 5) is 0. The topological polar surface area (TPSA) is 50.1 Å². The molecule has 0 saturated heterocycles. The smallest absolute Gasteiger partial charge is 0.223 e. The van der Waals surface area contributed by atoms with Gasteiger partial charge in [0.2, 0.25) is 7.37 Å². The van der Waals surface area contributed by atoms with E-state index in [9.17, 15) is 9.83 Å². The summed E-state index contributed by atoms with van der Waals surface area (Å²) in [7, 11) is -6.66. The summed E-state index contributed by atoms with van der Waals surface area (Å²) in [5, 5.41) is 10.2. The van der Waals surface area contributed by atoms with Gasteiger partial charge in [-0.1, -0.05) is 37.8 Å². The van der Waals surface area contributed by atoms with E-state index in [1.807, 2.05) is 50.0 Å². The first-order valence-electron chi connectivity index (χ1n) is 7.23.